The monoisotopic (exact) mass is 224 g/mol. The van der Waals surface area contributed by atoms with Gasteiger partial charge in [-0.1, -0.05) is 13.3 Å². The highest BCUT2D eigenvalue weighted by molar-refractivity contribution is 5.76. The van der Waals surface area contributed by atoms with Crippen LogP contribution < -0.4 is 10.6 Å². The number of nitrogens with one attached hydrogen (secondary N) is 2. The van der Waals surface area contributed by atoms with Crippen LogP contribution in [0.5, 0.6) is 0 Å². The summed E-state index contributed by atoms with van der Waals surface area (Å²) in [4.78, 5) is 11.9. The third kappa shape index (κ3) is 3.21. The molecule has 2 atom stereocenters. The number of hydrogen-bond acceptors (Lipinski definition) is 2. The zero-order valence-corrected chi connectivity index (χ0v) is 10.3. The Hall–Kier alpha value is -0.570. The number of amides is 1. The first-order valence-electron chi connectivity index (χ1n) is 6.76. The van der Waals surface area contributed by atoms with E-state index >= 15 is 0 Å². The molecule has 1 aliphatic heterocycles. The quantitative estimate of drug-likeness (QED) is 0.766. The zero-order chi connectivity index (χ0) is 11.4. The van der Waals surface area contributed by atoms with Crippen molar-refractivity contribution in [3.63, 3.8) is 0 Å². The summed E-state index contributed by atoms with van der Waals surface area (Å²) in [5.41, 5.74) is 0. The number of rotatable bonds is 3. The molecular weight excluding hydrogens is 200 g/mol. The minimum absolute atomic E-state index is 0.283. The van der Waals surface area contributed by atoms with Crippen molar-refractivity contribution >= 4 is 5.91 Å². The first kappa shape index (κ1) is 11.9. The average molecular weight is 224 g/mol. The molecular formula is C13H24N2O. The van der Waals surface area contributed by atoms with Crippen molar-refractivity contribution in [2.24, 2.45) is 11.8 Å². The summed E-state index contributed by atoms with van der Waals surface area (Å²) in [7, 11) is 0. The molecule has 3 nitrogen and oxygen atoms in total. The maximum Gasteiger partial charge on any atom is 0.220 e. The lowest BCUT2D eigenvalue weighted by atomic mass is 9.94. The summed E-state index contributed by atoms with van der Waals surface area (Å²) in [6.45, 7) is 4.41. The van der Waals surface area contributed by atoms with Gasteiger partial charge in [-0.25, -0.2) is 0 Å². The van der Waals surface area contributed by atoms with Crippen LogP contribution in [0.3, 0.4) is 0 Å². The van der Waals surface area contributed by atoms with E-state index in [2.05, 4.69) is 17.6 Å². The van der Waals surface area contributed by atoms with E-state index in [1.54, 1.807) is 0 Å². The van der Waals surface area contributed by atoms with Crippen molar-refractivity contribution < 1.29 is 4.79 Å². The summed E-state index contributed by atoms with van der Waals surface area (Å²) in [6.07, 6.45) is 6.79. The average Bonchev–Trinajstić information content (AvgIpc) is 2.66. The van der Waals surface area contributed by atoms with E-state index in [0.717, 1.165) is 32.4 Å². The molecule has 0 aromatic heterocycles. The van der Waals surface area contributed by atoms with E-state index < -0.39 is 0 Å². The van der Waals surface area contributed by atoms with Gasteiger partial charge in [0.25, 0.3) is 0 Å². The first-order chi connectivity index (χ1) is 7.75. The fourth-order valence-corrected chi connectivity index (χ4v) is 2.97. The van der Waals surface area contributed by atoms with Crippen LogP contribution in [0, 0.1) is 11.8 Å². The van der Waals surface area contributed by atoms with Gasteiger partial charge in [0.2, 0.25) is 5.91 Å². The van der Waals surface area contributed by atoms with Crippen LogP contribution in [0.2, 0.25) is 0 Å². The molecule has 0 aromatic rings. The standard InChI is InChI=1S/C13H24N2O/c1-10-3-2-4-12(10)15-13(16)9-11-5-7-14-8-6-11/h10-12,14H,2-9H2,1H3,(H,15,16). The Kier molecular flexibility index (Phi) is 4.22. The Labute approximate surface area is 98.4 Å². The molecule has 1 heterocycles. The Morgan fingerprint density at radius 3 is 2.62 bits per heavy atom. The van der Waals surface area contributed by atoms with Gasteiger partial charge in [-0.15, -0.1) is 0 Å². The molecule has 92 valence electrons. The SMILES string of the molecule is CC1CCCC1NC(=O)CC1CCNCC1. The number of carbonyl (C=O) groups is 1. The molecule has 2 N–H and O–H groups in total. The van der Waals surface area contributed by atoms with Gasteiger partial charge < -0.3 is 10.6 Å². The van der Waals surface area contributed by atoms with Crippen molar-refractivity contribution in [1.29, 1.82) is 0 Å². The van der Waals surface area contributed by atoms with Gasteiger partial charge in [0.15, 0.2) is 0 Å². The predicted octanol–water partition coefficient (Wildman–Crippen LogP) is 1.68. The van der Waals surface area contributed by atoms with Gasteiger partial charge >= 0.3 is 0 Å². The largest absolute Gasteiger partial charge is 0.353 e. The third-order valence-corrected chi connectivity index (χ3v) is 4.14. The minimum atomic E-state index is 0.283. The zero-order valence-electron chi connectivity index (χ0n) is 10.3. The molecule has 1 saturated heterocycles. The van der Waals surface area contributed by atoms with E-state index in [4.69, 9.17) is 0 Å². The van der Waals surface area contributed by atoms with Crippen molar-refractivity contribution in [3.05, 3.63) is 0 Å². The number of carbonyl (C=O) groups excluding carboxylic acids is 1. The molecule has 16 heavy (non-hydrogen) atoms. The van der Waals surface area contributed by atoms with E-state index in [-0.39, 0.29) is 5.91 Å². The number of piperidine rings is 1. The van der Waals surface area contributed by atoms with Crippen molar-refractivity contribution in [1.82, 2.24) is 10.6 Å². The summed E-state index contributed by atoms with van der Waals surface area (Å²) in [6, 6.07) is 0.453. The van der Waals surface area contributed by atoms with Crippen LogP contribution in [0.1, 0.15) is 45.4 Å². The van der Waals surface area contributed by atoms with Crippen LogP contribution in [-0.2, 0) is 4.79 Å². The Morgan fingerprint density at radius 1 is 1.25 bits per heavy atom. The van der Waals surface area contributed by atoms with Gasteiger partial charge in [-0.2, -0.15) is 0 Å². The maximum atomic E-state index is 11.9. The van der Waals surface area contributed by atoms with Crippen LogP contribution in [-0.4, -0.2) is 25.0 Å². The van der Waals surface area contributed by atoms with Gasteiger partial charge in [-0.05, 0) is 50.6 Å². The Bertz CT molecular complexity index is 236. The lowest BCUT2D eigenvalue weighted by Crippen LogP contribution is -2.38. The van der Waals surface area contributed by atoms with Crippen molar-refractivity contribution in [2.75, 3.05) is 13.1 Å². The molecule has 0 radical (unpaired) electrons. The predicted molar refractivity (Wildman–Crippen MR) is 65.2 cm³/mol. The minimum Gasteiger partial charge on any atom is -0.353 e. The van der Waals surface area contributed by atoms with Crippen LogP contribution in [0.15, 0.2) is 0 Å². The second kappa shape index (κ2) is 5.67. The molecule has 3 heteroatoms. The fraction of sp³-hybridized carbons (Fsp3) is 0.923. The molecule has 2 fully saturated rings. The van der Waals surface area contributed by atoms with Crippen LogP contribution in [0.4, 0.5) is 0 Å². The molecule has 2 aliphatic rings. The van der Waals surface area contributed by atoms with Crippen molar-refractivity contribution in [2.45, 2.75) is 51.5 Å². The van der Waals surface area contributed by atoms with Gasteiger partial charge in [-0.3, -0.25) is 4.79 Å². The lowest BCUT2D eigenvalue weighted by Gasteiger charge is -2.23. The molecule has 1 amide bonds. The molecule has 1 aliphatic carbocycles. The molecule has 0 spiro atoms. The van der Waals surface area contributed by atoms with Crippen LogP contribution in [0.25, 0.3) is 0 Å². The molecule has 0 bridgehead atoms. The van der Waals surface area contributed by atoms with E-state index in [0.29, 0.717) is 17.9 Å². The van der Waals surface area contributed by atoms with Gasteiger partial charge in [0.05, 0.1) is 0 Å². The Morgan fingerprint density at radius 2 is 2.00 bits per heavy atom. The van der Waals surface area contributed by atoms with Crippen LogP contribution >= 0.6 is 0 Å². The topological polar surface area (TPSA) is 41.1 Å². The smallest absolute Gasteiger partial charge is 0.220 e. The summed E-state index contributed by atoms with van der Waals surface area (Å²) < 4.78 is 0. The van der Waals surface area contributed by atoms with Crippen molar-refractivity contribution in [3.8, 4) is 0 Å². The summed E-state index contributed by atoms with van der Waals surface area (Å²) >= 11 is 0. The molecule has 0 aromatic carbocycles. The van der Waals surface area contributed by atoms with Gasteiger partial charge in [0.1, 0.15) is 0 Å². The Balaban J connectivity index is 1.70. The summed E-state index contributed by atoms with van der Waals surface area (Å²) in [5.74, 6) is 1.57. The normalized spacial score (nSPS) is 31.6. The first-order valence-corrected chi connectivity index (χ1v) is 6.76. The van der Waals surface area contributed by atoms with E-state index in [1.807, 2.05) is 0 Å². The molecule has 2 rings (SSSR count). The second-order valence-electron chi connectivity index (χ2n) is 5.48. The lowest BCUT2D eigenvalue weighted by molar-refractivity contribution is -0.123. The maximum absolute atomic E-state index is 11.9. The second-order valence-corrected chi connectivity index (χ2v) is 5.48. The summed E-state index contributed by atoms with van der Waals surface area (Å²) in [5, 5.41) is 6.55. The van der Waals surface area contributed by atoms with E-state index in [1.165, 1.54) is 19.3 Å². The number of hydrogen-bond donors (Lipinski definition) is 2. The highest BCUT2D eigenvalue weighted by Crippen LogP contribution is 2.25. The van der Waals surface area contributed by atoms with Gasteiger partial charge in [0, 0.05) is 12.5 Å². The van der Waals surface area contributed by atoms with E-state index in [9.17, 15) is 4.79 Å². The molecule has 2 unspecified atom stereocenters. The highest BCUT2D eigenvalue weighted by atomic mass is 16.1. The third-order valence-electron chi connectivity index (χ3n) is 4.14. The fourth-order valence-electron chi connectivity index (χ4n) is 2.97. The highest BCUT2D eigenvalue weighted by Gasteiger charge is 2.25. The molecule has 1 saturated carbocycles.